The fraction of sp³-hybridized carbons (Fsp3) is 0.320. The fourth-order valence-corrected chi connectivity index (χ4v) is 3.35. The first-order valence-corrected chi connectivity index (χ1v) is 10.3. The molecule has 2 aromatic carbocycles. The third kappa shape index (κ3) is 5.81. The second-order valence-electron chi connectivity index (χ2n) is 8.18. The van der Waals surface area contributed by atoms with Crippen LogP contribution in [0.3, 0.4) is 0 Å². The number of nitrogens with one attached hydrogen (secondary N) is 1. The minimum absolute atomic E-state index is 0.233. The smallest absolute Gasteiger partial charge is 0.374 e. The van der Waals surface area contributed by atoms with Gasteiger partial charge in [0.2, 0.25) is 5.76 Å². The number of ether oxygens (including phenoxy) is 1. The van der Waals surface area contributed by atoms with Crippen LogP contribution in [0.25, 0.3) is 11.0 Å². The number of hydrogen-bond acceptors (Lipinski definition) is 5. The molecule has 0 spiro atoms. The van der Waals surface area contributed by atoms with Crippen LogP contribution in [0.15, 0.2) is 57.7 Å². The molecule has 1 atom stereocenters. The lowest BCUT2D eigenvalue weighted by Gasteiger charge is -2.15. The Balaban J connectivity index is 1.57. The Morgan fingerprint density at radius 3 is 2.42 bits per heavy atom. The van der Waals surface area contributed by atoms with Gasteiger partial charge in [-0.25, -0.2) is 4.79 Å². The first-order chi connectivity index (χ1) is 14.7. The molecule has 0 unspecified atom stereocenters. The van der Waals surface area contributed by atoms with Crippen molar-refractivity contribution in [2.75, 3.05) is 6.61 Å². The van der Waals surface area contributed by atoms with Crippen LogP contribution in [-0.4, -0.2) is 18.5 Å². The number of fused-ring (bicyclic) bond motifs is 1. The number of aryl methyl sites for hydroxylation is 1. The number of carbonyl (C=O) groups excluding carboxylic acids is 2. The second kappa shape index (κ2) is 9.60. The Morgan fingerprint density at radius 2 is 1.74 bits per heavy atom. The standard InChI is InChI=1S/C25H27NO5/c1-15(2)11-18-6-8-19(9-7-18)17(4)26-24(28)14-30-25(29)23-13-21(27)20-12-16(3)5-10-22(20)31-23/h5-10,12-13,15,17H,11,14H2,1-4H3,(H,26,28)/t17-/m1/s1. The normalized spacial score (nSPS) is 12.0. The Morgan fingerprint density at radius 1 is 1.03 bits per heavy atom. The third-order valence-corrected chi connectivity index (χ3v) is 4.92. The first-order valence-electron chi connectivity index (χ1n) is 10.3. The van der Waals surface area contributed by atoms with Crippen molar-refractivity contribution in [1.82, 2.24) is 5.32 Å². The third-order valence-electron chi connectivity index (χ3n) is 4.92. The van der Waals surface area contributed by atoms with Gasteiger partial charge in [0, 0.05) is 6.07 Å². The lowest BCUT2D eigenvalue weighted by Crippen LogP contribution is -2.31. The van der Waals surface area contributed by atoms with Crippen molar-refractivity contribution < 1.29 is 18.7 Å². The van der Waals surface area contributed by atoms with Crippen molar-refractivity contribution in [3.8, 4) is 0 Å². The number of benzene rings is 2. The molecule has 1 heterocycles. The van der Waals surface area contributed by atoms with E-state index < -0.39 is 18.5 Å². The Bertz CT molecular complexity index is 1140. The van der Waals surface area contributed by atoms with E-state index in [2.05, 4.69) is 31.3 Å². The van der Waals surface area contributed by atoms with E-state index in [1.165, 1.54) is 5.56 Å². The largest absolute Gasteiger partial charge is 0.450 e. The van der Waals surface area contributed by atoms with E-state index in [0.29, 0.717) is 16.9 Å². The molecule has 31 heavy (non-hydrogen) atoms. The van der Waals surface area contributed by atoms with Crippen molar-refractivity contribution in [2.24, 2.45) is 5.92 Å². The molecular formula is C25H27NO5. The average molecular weight is 421 g/mol. The van der Waals surface area contributed by atoms with Gasteiger partial charge < -0.3 is 14.5 Å². The predicted octanol–water partition coefficient (Wildman–Crippen LogP) is 4.33. The van der Waals surface area contributed by atoms with Crippen LogP contribution in [-0.2, 0) is 16.0 Å². The summed E-state index contributed by atoms with van der Waals surface area (Å²) in [4.78, 5) is 36.7. The van der Waals surface area contributed by atoms with E-state index in [4.69, 9.17) is 9.15 Å². The van der Waals surface area contributed by atoms with Crippen molar-refractivity contribution >= 4 is 22.8 Å². The predicted molar refractivity (Wildman–Crippen MR) is 119 cm³/mol. The van der Waals surface area contributed by atoms with Crippen molar-refractivity contribution in [3.05, 3.63) is 81.2 Å². The summed E-state index contributed by atoms with van der Waals surface area (Å²) in [5, 5.41) is 3.19. The fourth-order valence-electron chi connectivity index (χ4n) is 3.35. The Hall–Kier alpha value is -3.41. The molecule has 0 saturated heterocycles. The highest BCUT2D eigenvalue weighted by molar-refractivity contribution is 5.90. The molecule has 0 fully saturated rings. The van der Waals surface area contributed by atoms with Crippen LogP contribution >= 0.6 is 0 Å². The summed E-state index contributed by atoms with van der Waals surface area (Å²) in [5.41, 5.74) is 3.08. The number of rotatable bonds is 7. The maximum Gasteiger partial charge on any atom is 0.374 e. The highest BCUT2D eigenvalue weighted by atomic mass is 16.5. The zero-order valence-corrected chi connectivity index (χ0v) is 18.2. The van der Waals surface area contributed by atoms with Crippen LogP contribution < -0.4 is 10.7 Å². The van der Waals surface area contributed by atoms with Crippen LogP contribution in [0.5, 0.6) is 0 Å². The summed E-state index contributed by atoms with van der Waals surface area (Å²) in [7, 11) is 0. The van der Waals surface area contributed by atoms with Gasteiger partial charge in [0.1, 0.15) is 5.58 Å². The van der Waals surface area contributed by atoms with Gasteiger partial charge in [-0.3, -0.25) is 9.59 Å². The molecule has 6 heteroatoms. The monoisotopic (exact) mass is 421 g/mol. The first kappa shape index (κ1) is 22.3. The Labute approximate surface area is 181 Å². The van der Waals surface area contributed by atoms with E-state index in [1.54, 1.807) is 18.2 Å². The molecule has 1 N–H and O–H groups in total. The van der Waals surface area contributed by atoms with Gasteiger partial charge in [-0.15, -0.1) is 0 Å². The van der Waals surface area contributed by atoms with E-state index >= 15 is 0 Å². The molecule has 3 aromatic rings. The molecule has 1 aromatic heterocycles. The average Bonchev–Trinajstić information content (AvgIpc) is 2.72. The van der Waals surface area contributed by atoms with E-state index in [0.717, 1.165) is 23.6 Å². The highest BCUT2D eigenvalue weighted by Crippen LogP contribution is 2.16. The lowest BCUT2D eigenvalue weighted by atomic mass is 10.00. The number of esters is 1. The van der Waals surface area contributed by atoms with Gasteiger partial charge >= 0.3 is 5.97 Å². The molecule has 162 valence electrons. The second-order valence-corrected chi connectivity index (χ2v) is 8.18. The molecule has 0 aliphatic heterocycles. The zero-order valence-electron chi connectivity index (χ0n) is 18.2. The van der Waals surface area contributed by atoms with Crippen molar-refractivity contribution in [1.29, 1.82) is 0 Å². The van der Waals surface area contributed by atoms with Crippen LogP contribution in [0.2, 0.25) is 0 Å². The summed E-state index contributed by atoms with van der Waals surface area (Å²) in [6.07, 6.45) is 1.00. The van der Waals surface area contributed by atoms with E-state index in [-0.39, 0.29) is 17.2 Å². The van der Waals surface area contributed by atoms with Gasteiger partial charge in [0.25, 0.3) is 5.91 Å². The lowest BCUT2D eigenvalue weighted by molar-refractivity contribution is -0.124. The van der Waals surface area contributed by atoms with E-state index in [1.807, 2.05) is 26.0 Å². The molecule has 0 bridgehead atoms. The summed E-state index contributed by atoms with van der Waals surface area (Å²) in [6.45, 7) is 7.59. The molecule has 0 saturated carbocycles. The Kier molecular flexibility index (Phi) is 6.90. The summed E-state index contributed by atoms with van der Waals surface area (Å²) >= 11 is 0. The van der Waals surface area contributed by atoms with Crippen molar-refractivity contribution in [3.63, 3.8) is 0 Å². The molecule has 3 rings (SSSR count). The maximum absolute atomic E-state index is 12.3. The zero-order chi connectivity index (χ0) is 22.5. The van der Waals surface area contributed by atoms with E-state index in [9.17, 15) is 14.4 Å². The molecular weight excluding hydrogens is 394 g/mol. The van der Waals surface area contributed by atoms with Crippen LogP contribution in [0.4, 0.5) is 0 Å². The van der Waals surface area contributed by atoms with Gasteiger partial charge in [-0.05, 0) is 49.4 Å². The maximum atomic E-state index is 12.3. The van der Waals surface area contributed by atoms with Crippen LogP contribution in [0, 0.1) is 12.8 Å². The summed E-state index contributed by atoms with van der Waals surface area (Å²) < 4.78 is 10.5. The SMILES string of the molecule is Cc1ccc2oc(C(=O)OCC(=O)N[C@H](C)c3ccc(CC(C)C)cc3)cc(=O)c2c1. The molecule has 6 nitrogen and oxygen atoms in total. The summed E-state index contributed by atoms with van der Waals surface area (Å²) in [6, 6.07) is 14.0. The molecule has 0 aliphatic carbocycles. The minimum atomic E-state index is -0.861. The summed E-state index contributed by atoms with van der Waals surface area (Å²) in [5.74, 6) is -0.956. The number of amides is 1. The van der Waals surface area contributed by atoms with Gasteiger partial charge in [-0.2, -0.15) is 0 Å². The van der Waals surface area contributed by atoms with Crippen molar-refractivity contribution in [2.45, 2.75) is 40.2 Å². The molecule has 1 amide bonds. The van der Waals surface area contributed by atoms with Gasteiger partial charge in [0.15, 0.2) is 12.0 Å². The quantitative estimate of drug-likeness (QED) is 0.574. The number of hydrogen-bond donors (Lipinski definition) is 1. The number of carbonyl (C=O) groups is 2. The molecule has 0 radical (unpaired) electrons. The minimum Gasteiger partial charge on any atom is -0.450 e. The highest BCUT2D eigenvalue weighted by Gasteiger charge is 2.17. The molecule has 0 aliphatic rings. The van der Waals surface area contributed by atoms with Crippen LogP contribution in [0.1, 0.15) is 54.1 Å². The van der Waals surface area contributed by atoms with Gasteiger partial charge in [0.05, 0.1) is 11.4 Å². The van der Waals surface area contributed by atoms with Gasteiger partial charge in [-0.1, -0.05) is 49.7 Å². The topological polar surface area (TPSA) is 85.6 Å².